The first-order valence-corrected chi connectivity index (χ1v) is 6.79. The van der Waals surface area contributed by atoms with Crippen LogP contribution in [0.4, 0.5) is 0 Å². The molecule has 0 aromatic heterocycles. The van der Waals surface area contributed by atoms with Crippen molar-refractivity contribution < 1.29 is 4.79 Å². The Bertz CT molecular complexity index is 468. The van der Waals surface area contributed by atoms with E-state index in [0.29, 0.717) is 17.9 Å². The Kier molecular flexibility index (Phi) is 3.04. The summed E-state index contributed by atoms with van der Waals surface area (Å²) in [6.07, 6.45) is 6.28. The van der Waals surface area contributed by atoms with Crippen molar-refractivity contribution in [1.82, 2.24) is 5.32 Å². The predicted octanol–water partition coefficient (Wildman–Crippen LogP) is 3.04. The largest absolute Gasteiger partial charge is 0.311 e. The highest BCUT2D eigenvalue weighted by atomic mass is 16.1. The number of ketones is 1. The van der Waals surface area contributed by atoms with E-state index in [9.17, 15) is 4.79 Å². The third kappa shape index (κ3) is 2.13. The summed E-state index contributed by atoms with van der Waals surface area (Å²) < 4.78 is 0. The van der Waals surface area contributed by atoms with Gasteiger partial charge in [0.2, 0.25) is 0 Å². The molecule has 2 heteroatoms. The highest BCUT2D eigenvalue weighted by Gasteiger charge is 2.36. The lowest BCUT2D eigenvalue weighted by Crippen LogP contribution is -2.40. The smallest absolute Gasteiger partial charge is 0.166 e. The van der Waals surface area contributed by atoms with Crippen LogP contribution < -0.4 is 5.32 Å². The Labute approximate surface area is 108 Å². The van der Waals surface area contributed by atoms with Crippen LogP contribution >= 0.6 is 0 Å². The van der Waals surface area contributed by atoms with E-state index in [1.165, 1.54) is 12.8 Å². The van der Waals surface area contributed by atoms with E-state index in [1.54, 1.807) is 6.08 Å². The SMILES string of the molecule is C=Cc1cccc(C(=O)C2CC3CCC(C2)N3)c1. The van der Waals surface area contributed by atoms with Gasteiger partial charge >= 0.3 is 0 Å². The van der Waals surface area contributed by atoms with Crippen LogP contribution in [0.3, 0.4) is 0 Å². The first-order valence-electron chi connectivity index (χ1n) is 6.79. The van der Waals surface area contributed by atoms with Gasteiger partial charge < -0.3 is 5.32 Å². The van der Waals surface area contributed by atoms with Crippen LogP contribution in [0.5, 0.6) is 0 Å². The topological polar surface area (TPSA) is 29.1 Å². The van der Waals surface area contributed by atoms with Crippen molar-refractivity contribution in [2.75, 3.05) is 0 Å². The number of carbonyl (C=O) groups is 1. The van der Waals surface area contributed by atoms with Gasteiger partial charge in [0.05, 0.1) is 0 Å². The normalized spacial score (nSPS) is 30.1. The first kappa shape index (κ1) is 11.7. The molecule has 1 aromatic carbocycles. The molecule has 1 aromatic rings. The average Bonchev–Trinajstić information content (AvgIpc) is 2.76. The third-order valence-corrected chi connectivity index (χ3v) is 4.25. The Morgan fingerprint density at radius 1 is 1.28 bits per heavy atom. The van der Waals surface area contributed by atoms with E-state index < -0.39 is 0 Å². The Morgan fingerprint density at radius 2 is 2.00 bits per heavy atom. The van der Waals surface area contributed by atoms with Crippen LogP contribution in [-0.2, 0) is 0 Å². The summed E-state index contributed by atoms with van der Waals surface area (Å²) in [5, 5.41) is 3.58. The molecule has 2 bridgehead atoms. The molecular weight excluding hydrogens is 222 g/mol. The van der Waals surface area contributed by atoms with Gasteiger partial charge in [-0.25, -0.2) is 0 Å². The molecule has 1 N–H and O–H groups in total. The zero-order valence-corrected chi connectivity index (χ0v) is 10.6. The van der Waals surface area contributed by atoms with Gasteiger partial charge in [0, 0.05) is 23.6 Å². The number of benzene rings is 1. The van der Waals surface area contributed by atoms with Crippen LogP contribution in [0.2, 0.25) is 0 Å². The van der Waals surface area contributed by atoms with Crippen molar-refractivity contribution in [2.45, 2.75) is 37.8 Å². The number of hydrogen-bond donors (Lipinski definition) is 1. The minimum absolute atomic E-state index is 0.212. The second-order valence-corrected chi connectivity index (χ2v) is 5.50. The Hall–Kier alpha value is -1.41. The number of nitrogens with one attached hydrogen (secondary N) is 1. The molecule has 0 aliphatic carbocycles. The highest BCUT2D eigenvalue weighted by Crippen LogP contribution is 2.32. The molecule has 2 fully saturated rings. The van der Waals surface area contributed by atoms with E-state index >= 15 is 0 Å². The van der Waals surface area contributed by atoms with Crippen LogP contribution in [0.25, 0.3) is 6.08 Å². The summed E-state index contributed by atoms with van der Waals surface area (Å²) in [7, 11) is 0. The molecule has 3 rings (SSSR count). The fraction of sp³-hybridized carbons (Fsp3) is 0.438. The van der Waals surface area contributed by atoms with Crippen LogP contribution in [0, 0.1) is 5.92 Å². The van der Waals surface area contributed by atoms with Crippen molar-refractivity contribution in [1.29, 1.82) is 0 Å². The molecule has 0 amide bonds. The lowest BCUT2D eigenvalue weighted by atomic mass is 9.85. The predicted molar refractivity (Wildman–Crippen MR) is 73.5 cm³/mol. The van der Waals surface area contributed by atoms with E-state index in [2.05, 4.69) is 11.9 Å². The van der Waals surface area contributed by atoms with Crippen LogP contribution in [-0.4, -0.2) is 17.9 Å². The van der Waals surface area contributed by atoms with Crippen molar-refractivity contribution in [3.63, 3.8) is 0 Å². The van der Waals surface area contributed by atoms with Gasteiger partial charge in [-0.2, -0.15) is 0 Å². The monoisotopic (exact) mass is 241 g/mol. The van der Waals surface area contributed by atoms with Gasteiger partial charge in [-0.15, -0.1) is 0 Å². The summed E-state index contributed by atoms with van der Waals surface area (Å²) in [5.41, 5.74) is 1.87. The number of carbonyl (C=O) groups excluding carboxylic acids is 1. The Morgan fingerprint density at radius 3 is 2.67 bits per heavy atom. The number of rotatable bonds is 3. The summed E-state index contributed by atoms with van der Waals surface area (Å²) in [6, 6.07) is 8.95. The maximum absolute atomic E-state index is 12.5. The summed E-state index contributed by atoms with van der Waals surface area (Å²) >= 11 is 0. The number of fused-ring (bicyclic) bond motifs is 2. The standard InChI is InChI=1S/C16H19NO/c1-2-11-4-3-5-12(8-11)16(18)13-9-14-6-7-15(10-13)17-14/h2-5,8,13-15,17H,1,6-7,9-10H2. The first-order chi connectivity index (χ1) is 8.76. The van der Waals surface area contributed by atoms with Crippen molar-refractivity contribution in [3.05, 3.63) is 42.0 Å². The van der Waals surface area contributed by atoms with Crippen LogP contribution in [0.1, 0.15) is 41.6 Å². The maximum Gasteiger partial charge on any atom is 0.166 e. The van der Waals surface area contributed by atoms with Crippen molar-refractivity contribution in [2.24, 2.45) is 5.92 Å². The van der Waals surface area contributed by atoms with Gasteiger partial charge in [0.25, 0.3) is 0 Å². The summed E-state index contributed by atoms with van der Waals surface area (Å²) in [6.45, 7) is 3.76. The molecule has 2 aliphatic rings. The van der Waals surface area contributed by atoms with Gasteiger partial charge in [-0.3, -0.25) is 4.79 Å². The molecule has 2 heterocycles. The summed E-state index contributed by atoms with van der Waals surface area (Å²) in [5.74, 6) is 0.529. The van der Waals surface area contributed by atoms with Crippen LogP contribution in [0.15, 0.2) is 30.8 Å². The highest BCUT2D eigenvalue weighted by molar-refractivity contribution is 5.98. The van der Waals surface area contributed by atoms with Gasteiger partial charge in [-0.1, -0.05) is 30.9 Å². The third-order valence-electron chi connectivity index (χ3n) is 4.25. The number of hydrogen-bond acceptors (Lipinski definition) is 2. The average molecular weight is 241 g/mol. The van der Waals surface area contributed by atoms with Crippen molar-refractivity contribution in [3.8, 4) is 0 Å². The zero-order valence-electron chi connectivity index (χ0n) is 10.6. The molecule has 2 unspecified atom stereocenters. The van der Waals surface area contributed by atoms with Gasteiger partial charge in [0.1, 0.15) is 0 Å². The summed E-state index contributed by atoms with van der Waals surface area (Å²) in [4.78, 5) is 12.5. The lowest BCUT2D eigenvalue weighted by Gasteiger charge is -2.28. The molecule has 0 spiro atoms. The molecule has 0 radical (unpaired) electrons. The van der Waals surface area contributed by atoms with Gasteiger partial charge in [-0.05, 0) is 37.3 Å². The number of piperidine rings is 1. The fourth-order valence-electron chi connectivity index (χ4n) is 3.33. The minimum Gasteiger partial charge on any atom is -0.311 e. The molecule has 2 nitrogen and oxygen atoms in total. The minimum atomic E-state index is 0.212. The molecule has 2 atom stereocenters. The fourth-order valence-corrected chi connectivity index (χ4v) is 3.33. The van der Waals surface area contributed by atoms with E-state index in [0.717, 1.165) is 24.0 Å². The lowest BCUT2D eigenvalue weighted by molar-refractivity contribution is 0.0875. The molecular formula is C16H19NO. The second-order valence-electron chi connectivity index (χ2n) is 5.50. The maximum atomic E-state index is 12.5. The second kappa shape index (κ2) is 4.69. The molecule has 18 heavy (non-hydrogen) atoms. The molecule has 2 saturated heterocycles. The van der Waals surface area contributed by atoms with E-state index in [-0.39, 0.29) is 5.92 Å². The number of Topliss-reactive ketones (excluding diaryl/α,β-unsaturated/α-hetero) is 1. The van der Waals surface area contributed by atoms with E-state index in [1.807, 2.05) is 24.3 Å². The van der Waals surface area contributed by atoms with Gasteiger partial charge in [0.15, 0.2) is 5.78 Å². The zero-order chi connectivity index (χ0) is 12.5. The molecule has 94 valence electrons. The van der Waals surface area contributed by atoms with Crippen molar-refractivity contribution >= 4 is 11.9 Å². The molecule has 0 saturated carbocycles. The molecule has 2 aliphatic heterocycles. The quantitative estimate of drug-likeness (QED) is 0.824. The Balaban J connectivity index is 1.79. The van der Waals surface area contributed by atoms with E-state index in [4.69, 9.17) is 0 Å².